The van der Waals surface area contributed by atoms with E-state index in [2.05, 4.69) is 86.7 Å². The van der Waals surface area contributed by atoms with Crippen molar-refractivity contribution in [3.05, 3.63) is 83.0 Å². The first-order valence-corrected chi connectivity index (χ1v) is 9.42. The Balaban J connectivity index is 2.08. The van der Waals surface area contributed by atoms with Gasteiger partial charge in [0.15, 0.2) is 0 Å². The minimum absolute atomic E-state index is 1.04. The van der Waals surface area contributed by atoms with Crippen molar-refractivity contribution < 1.29 is 0 Å². The molecule has 0 saturated carbocycles. The van der Waals surface area contributed by atoms with Gasteiger partial charge in [0, 0.05) is 16.3 Å². The molecule has 0 N–H and O–H groups in total. The van der Waals surface area contributed by atoms with Gasteiger partial charge >= 0.3 is 0 Å². The summed E-state index contributed by atoms with van der Waals surface area (Å²) < 4.78 is 2.35. The van der Waals surface area contributed by atoms with E-state index in [1.54, 1.807) is 0 Å². The number of aryl methyl sites for hydroxylation is 4. The SMILES string of the molecule is Cc1ccc2c(c1)c1cccc(C)c1c1ncc(-c3c(C)cccc3C)n21. The van der Waals surface area contributed by atoms with Gasteiger partial charge in [0.25, 0.3) is 0 Å². The lowest BCUT2D eigenvalue weighted by atomic mass is 9.99. The summed E-state index contributed by atoms with van der Waals surface area (Å²) in [6.45, 7) is 8.70. The Hall–Kier alpha value is -3.13. The van der Waals surface area contributed by atoms with E-state index in [0.717, 1.165) is 5.65 Å². The maximum absolute atomic E-state index is 4.90. The molecule has 0 amide bonds. The minimum atomic E-state index is 1.04. The predicted molar refractivity (Wildman–Crippen MR) is 115 cm³/mol. The number of hydrogen-bond donors (Lipinski definition) is 0. The summed E-state index contributed by atoms with van der Waals surface area (Å²) in [6.07, 6.45) is 2.04. The van der Waals surface area contributed by atoms with Crippen LogP contribution in [-0.2, 0) is 0 Å². The van der Waals surface area contributed by atoms with Gasteiger partial charge in [-0.15, -0.1) is 0 Å². The second kappa shape index (κ2) is 5.68. The van der Waals surface area contributed by atoms with E-state index < -0.39 is 0 Å². The van der Waals surface area contributed by atoms with Crippen molar-refractivity contribution in [2.45, 2.75) is 27.7 Å². The highest BCUT2D eigenvalue weighted by Gasteiger charge is 2.17. The predicted octanol–water partition coefficient (Wildman–Crippen LogP) is 6.54. The van der Waals surface area contributed by atoms with Crippen molar-refractivity contribution in [2.75, 3.05) is 0 Å². The first-order chi connectivity index (χ1) is 13.1. The van der Waals surface area contributed by atoms with Crippen molar-refractivity contribution in [1.82, 2.24) is 9.38 Å². The number of pyridine rings is 1. The molecule has 0 bridgehead atoms. The molecule has 132 valence electrons. The number of imidazole rings is 1. The monoisotopic (exact) mass is 350 g/mol. The van der Waals surface area contributed by atoms with E-state index in [-0.39, 0.29) is 0 Å². The fourth-order valence-electron chi connectivity index (χ4n) is 4.42. The average Bonchev–Trinajstić information content (AvgIpc) is 3.06. The van der Waals surface area contributed by atoms with Crippen LogP contribution in [0.25, 0.3) is 38.6 Å². The zero-order chi connectivity index (χ0) is 18.7. The van der Waals surface area contributed by atoms with Crippen LogP contribution in [0.1, 0.15) is 22.3 Å². The molecule has 2 heteroatoms. The lowest BCUT2D eigenvalue weighted by Gasteiger charge is -2.15. The van der Waals surface area contributed by atoms with Crippen molar-refractivity contribution in [3.8, 4) is 11.3 Å². The lowest BCUT2D eigenvalue weighted by Crippen LogP contribution is -1.97. The molecular weight excluding hydrogens is 328 g/mol. The van der Waals surface area contributed by atoms with Crippen LogP contribution in [-0.4, -0.2) is 9.38 Å². The molecule has 5 aromatic rings. The van der Waals surface area contributed by atoms with Gasteiger partial charge < -0.3 is 0 Å². The zero-order valence-corrected chi connectivity index (χ0v) is 16.2. The Morgan fingerprint density at radius 3 is 2.22 bits per heavy atom. The largest absolute Gasteiger partial charge is 0.292 e. The standard InChI is InChI=1S/C25H22N2/c1-15-11-12-21-20(13-15)19-10-6-9-18(4)24(19)25-26-14-22(27(21)25)23-16(2)7-5-8-17(23)3/h5-14H,1-4H3. The Kier molecular flexibility index (Phi) is 3.38. The van der Waals surface area contributed by atoms with E-state index in [1.165, 1.54) is 55.2 Å². The average molecular weight is 350 g/mol. The summed E-state index contributed by atoms with van der Waals surface area (Å²) >= 11 is 0. The van der Waals surface area contributed by atoms with Crippen LogP contribution in [0, 0.1) is 27.7 Å². The summed E-state index contributed by atoms with van der Waals surface area (Å²) in [5.74, 6) is 0. The van der Waals surface area contributed by atoms with E-state index in [0.29, 0.717) is 0 Å². The molecule has 0 unspecified atom stereocenters. The second-order valence-corrected chi connectivity index (χ2v) is 7.59. The molecule has 2 heterocycles. The molecule has 0 aliphatic rings. The Bertz CT molecular complexity index is 1340. The number of benzene rings is 3. The number of aromatic nitrogens is 2. The molecule has 3 aromatic carbocycles. The van der Waals surface area contributed by atoms with E-state index >= 15 is 0 Å². The van der Waals surface area contributed by atoms with Crippen molar-refractivity contribution in [3.63, 3.8) is 0 Å². The van der Waals surface area contributed by atoms with Gasteiger partial charge in [0.05, 0.1) is 17.4 Å². The highest BCUT2D eigenvalue weighted by molar-refractivity contribution is 6.13. The van der Waals surface area contributed by atoms with Crippen LogP contribution in [0.5, 0.6) is 0 Å². The molecule has 0 atom stereocenters. The summed E-state index contributed by atoms with van der Waals surface area (Å²) in [6, 6.07) is 19.8. The molecule has 2 nitrogen and oxygen atoms in total. The molecule has 0 aliphatic heterocycles. The van der Waals surface area contributed by atoms with Crippen molar-refractivity contribution >= 4 is 27.3 Å². The number of nitrogens with zero attached hydrogens (tertiary/aromatic N) is 2. The number of hydrogen-bond acceptors (Lipinski definition) is 1. The Morgan fingerprint density at radius 1 is 0.741 bits per heavy atom. The van der Waals surface area contributed by atoms with Crippen molar-refractivity contribution in [2.24, 2.45) is 0 Å². The molecule has 0 saturated heterocycles. The molecule has 0 aliphatic carbocycles. The van der Waals surface area contributed by atoms with E-state index in [9.17, 15) is 0 Å². The van der Waals surface area contributed by atoms with Gasteiger partial charge in [0.2, 0.25) is 0 Å². The summed E-state index contributed by atoms with van der Waals surface area (Å²) in [4.78, 5) is 4.90. The summed E-state index contributed by atoms with van der Waals surface area (Å²) in [7, 11) is 0. The molecule has 27 heavy (non-hydrogen) atoms. The third-order valence-electron chi connectivity index (χ3n) is 5.68. The van der Waals surface area contributed by atoms with Gasteiger partial charge in [-0.05, 0) is 61.9 Å². The highest BCUT2D eigenvalue weighted by atomic mass is 15.0. The number of rotatable bonds is 1. The van der Waals surface area contributed by atoms with Crippen LogP contribution in [0.15, 0.2) is 60.8 Å². The van der Waals surface area contributed by atoms with E-state index in [1.807, 2.05) is 6.20 Å². The van der Waals surface area contributed by atoms with Crippen LogP contribution < -0.4 is 0 Å². The van der Waals surface area contributed by atoms with Gasteiger partial charge in [-0.3, -0.25) is 4.40 Å². The maximum atomic E-state index is 4.90. The first-order valence-electron chi connectivity index (χ1n) is 9.42. The fourth-order valence-corrected chi connectivity index (χ4v) is 4.42. The zero-order valence-electron chi connectivity index (χ0n) is 16.2. The van der Waals surface area contributed by atoms with Gasteiger partial charge in [0.1, 0.15) is 5.65 Å². The summed E-state index contributed by atoms with van der Waals surface area (Å²) in [5.41, 5.74) is 9.79. The van der Waals surface area contributed by atoms with Gasteiger partial charge in [-0.2, -0.15) is 0 Å². The molecule has 5 rings (SSSR count). The second-order valence-electron chi connectivity index (χ2n) is 7.59. The normalized spacial score (nSPS) is 11.7. The fraction of sp³-hybridized carbons (Fsp3) is 0.160. The van der Waals surface area contributed by atoms with E-state index in [4.69, 9.17) is 4.98 Å². The smallest absolute Gasteiger partial charge is 0.145 e. The maximum Gasteiger partial charge on any atom is 0.145 e. The number of fused-ring (bicyclic) bond motifs is 6. The molecule has 0 fully saturated rings. The van der Waals surface area contributed by atoms with Crippen LogP contribution in [0.3, 0.4) is 0 Å². The first kappa shape index (κ1) is 16.1. The third kappa shape index (κ3) is 2.23. The van der Waals surface area contributed by atoms with Gasteiger partial charge in [-0.1, -0.05) is 48.0 Å². The lowest BCUT2D eigenvalue weighted by molar-refractivity contribution is 1.24. The molecule has 0 spiro atoms. The molecular formula is C25H22N2. The van der Waals surface area contributed by atoms with Crippen LogP contribution in [0.4, 0.5) is 0 Å². The molecule has 2 aromatic heterocycles. The van der Waals surface area contributed by atoms with Crippen LogP contribution in [0.2, 0.25) is 0 Å². The molecule has 0 radical (unpaired) electrons. The van der Waals surface area contributed by atoms with Crippen LogP contribution >= 0.6 is 0 Å². The Labute approximate surface area is 159 Å². The van der Waals surface area contributed by atoms with Gasteiger partial charge in [-0.25, -0.2) is 4.98 Å². The minimum Gasteiger partial charge on any atom is -0.292 e. The highest BCUT2D eigenvalue weighted by Crippen LogP contribution is 2.36. The quantitative estimate of drug-likeness (QED) is 0.314. The third-order valence-corrected chi connectivity index (χ3v) is 5.68. The topological polar surface area (TPSA) is 17.3 Å². The summed E-state index contributed by atoms with van der Waals surface area (Å²) in [5, 5.41) is 3.81. The Morgan fingerprint density at radius 2 is 1.44 bits per heavy atom. The van der Waals surface area contributed by atoms with Crippen molar-refractivity contribution in [1.29, 1.82) is 0 Å².